The van der Waals surface area contributed by atoms with Crippen molar-refractivity contribution in [2.75, 3.05) is 0 Å². The highest BCUT2D eigenvalue weighted by Gasteiger charge is 2.12. The van der Waals surface area contributed by atoms with Crippen molar-refractivity contribution in [3.63, 3.8) is 0 Å². The van der Waals surface area contributed by atoms with Gasteiger partial charge in [0.2, 0.25) is 5.82 Å². The van der Waals surface area contributed by atoms with Gasteiger partial charge in [0.25, 0.3) is 5.89 Å². The van der Waals surface area contributed by atoms with Crippen LogP contribution in [0.3, 0.4) is 0 Å². The number of imidazole rings is 1. The van der Waals surface area contributed by atoms with Gasteiger partial charge in [0.1, 0.15) is 11.6 Å². The molecule has 0 spiro atoms. The molecule has 2 aromatic heterocycles. The second-order valence-corrected chi connectivity index (χ2v) is 6.69. The van der Waals surface area contributed by atoms with Crippen LogP contribution in [-0.2, 0) is 0 Å². The molecule has 5 aromatic rings. The average molecular weight is 391 g/mol. The monoisotopic (exact) mass is 390 g/mol. The van der Waals surface area contributed by atoms with Crippen molar-refractivity contribution in [2.24, 2.45) is 0 Å². The third-order valence-electron chi connectivity index (χ3n) is 4.38. The first-order chi connectivity index (χ1) is 13.7. The van der Waals surface area contributed by atoms with Crippen LogP contribution in [0.15, 0.2) is 71.3 Å². The van der Waals surface area contributed by atoms with Gasteiger partial charge in [-0.15, -0.1) is 0 Å². The lowest BCUT2D eigenvalue weighted by molar-refractivity contribution is 0.432. The maximum absolute atomic E-state index is 13.1. The SMILES string of the molecule is Fc1ccc(-c2nc(-c3ccc(-c4nc5ccc(Cl)cc5[nH]4)cc3)no2)cc1. The van der Waals surface area contributed by atoms with Gasteiger partial charge in [-0.05, 0) is 42.5 Å². The Labute approximate surface area is 163 Å². The molecule has 28 heavy (non-hydrogen) atoms. The first-order valence-corrected chi connectivity index (χ1v) is 8.89. The highest BCUT2D eigenvalue weighted by Crippen LogP contribution is 2.26. The van der Waals surface area contributed by atoms with Gasteiger partial charge in [0.05, 0.1) is 11.0 Å². The summed E-state index contributed by atoms with van der Waals surface area (Å²) < 4.78 is 18.4. The van der Waals surface area contributed by atoms with E-state index in [0.717, 1.165) is 28.0 Å². The Morgan fingerprint density at radius 3 is 2.32 bits per heavy atom. The number of aromatic amines is 1. The maximum atomic E-state index is 13.1. The fourth-order valence-electron chi connectivity index (χ4n) is 2.95. The Balaban J connectivity index is 1.44. The average Bonchev–Trinajstić information content (AvgIpc) is 3.36. The number of hydrogen-bond acceptors (Lipinski definition) is 4. The molecule has 7 heteroatoms. The minimum atomic E-state index is -0.313. The predicted octanol–water partition coefficient (Wildman–Crippen LogP) is 5.74. The zero-order chi connectivity index (χ0) is 19.1. The van der Waals surface area contributed by atoms with Gasteiger partial charge in [-0.2, -0.15) is 4.98 Å². The molecule has 5 rings (SSSR count). The maximum Gasteiger partial charge on any atom is 0.258 e. The quantitative estimate of drug-likeness (QED) is 0.426. The Morgan fingerprint density at radius 1 is 0.821 bits per heavy atom. The molecule has 5 nitrogen and oxygen atoms in total. The normalized spacial score (nSPS) is 11.2. The summed E-state index contributed by atoms with van der Waals surface area (Å²) in [6, 6.07) is 19.1. The van der Waals surface area contributed by atoms with Crippen molar-refractivity contribution in [2.45, 2.75) is 0 Å². The summed E-state index contributed by atoms with van der Waals surface area (Å²) in [6.07, 6.45) is 0. The summed E-state index contributed by atoms with van der Waals surface area (Å²) in [5, 5.41) is 4.67. The summed E-state index contributed by atoms with van der Waals surface area (Å²) in [7, 11) is 0. The number of halogens is 2. The van der Waals surface area contributed by atoms with Crippen molar-refractivity contribution in [3.05, 3.63) is 77.6 Å². The molecule has 3 aromatic carbocycles. The lowest BCUT2D eigenvalue weighted by Gasteiger charge is -1.98. The Bertz CT molecular complexity index is 1280. The number of aromatic nitrogens is 4. The summed E-state index contributed by atoms with van der Waals surface area (Å²) in [4.78, 5) is 12.2. The molecule has 0 amide bonds. The molecule has 0 atom stereocenters. The number of nitrogens with one attached hydrogen (secondary N) is 1. The number of rotatable bonds is 3. The second-order valence-electron chi connectivity index (χ2n) is 6.25. The zero-order valence-corrected chi connectivity index (χ0v) is 15.1. The Kier molecular flexibility index (Phi) is 3.91. The summed E-state index contributed by atoms with van der Waals surface area (Å²) in [5.74, 6) is 1.24. The molecule has 0 radical (unpaired) electrons. The van der Waals surface area contributed by atoms with Gasteiger partial charge in [-0.1, -0.05) is 41.0 Å². The highest BCUT2D eigenvalue weighted by molar-refractivity contribution is 6.31. The lowest BCUT2D eigenvalue weighted by atomic mass is 10.1. The molecule has 2 heterocycles. The smallest absolute Gasteiger partial charge is 0.258 e. The van der Waals surface area contributed by atoms with E-state index in [1.807, 2.05) is 42.5 Å². The van der Waals surface area contributed by atoms with Crippen LogP contribution in [0, 0.1) is 5.82 Å². The van der Waals surface area contributed by atoms with Gasteiger partial charge < -0.3 is 9.51 Å². The van der Waals surface area contributed by atoms with Crippen molar-refractivity contribution in [1.29, 1.82) is 0 Å². The molecular formula is C21H12ClFN4O. The number of hydrogen-bond donors (Lipinski definition) is 1. The topological polar surface area (TPSA) is 67.6 Å². The van der Waals surface area contributed by atoms with Gasteiger partial charge >= 0.3 is 0 Å². The minimum absolute atomic E-state index is 0.313. The Morgan fingerprint density at radius 2 is 1.54 bits per heavy atom. The van der Waals surface area contributed by atoms with Crippen LogP contribution in [-0.4, -0.2) is 20.1 Å². The summed E-state index contributed by atoms with van der Waals surface area (Å²) in [6.45, 7) is 0. The van der Waals surface area contributed by atoms with Crippen LogP contribution in [0.2, 0.25) is 5.02 Å². The second kappa shape index (κ2) is 6.58. The molecular weight excluding hydrogens is 379 g/mol. The number of nitrogens with zero attached hydrogens (tertiary/aromatic N) is 3. The van der Waals surface area contributed by atoms with E-state index in [4.69, 9.17) is 16.1 Å². The molecule has 136 valence electrons. The van der Waals surface area contributed by atoms with E-state index in [2.05, 4.69) is 20.1 Å². The van der Waals surface area contributed by atoms with E-state index in [9.17, 15) is 4.39 Å². The highest BCUT2D eigenvalue weighted by atomic mass is 35.5. The van der Waals surface area contributed by atoms with E-state index < -0.39 is 0 Å². The van der Waals surface area contributed by atoms with Crippen LogP contribution < -0.4 is 0 Å². The van der Waals surface area contributed by atoms with Crippen molar-refractivity contribution >= 4 is 22.6 Å². The van der Waals surface area contributed by atoms with E-state index in [0.29, 0.717) is 22.3 Å². The number of fused-ring (bicyclic) bond motifs is 1. The Hall–Kier alpha value is -3.51. The molecule has 1 N–H and O–H groups in total. The summed E-state index contributed by atoms with van der Waals surface area (Å²) >= 11 is 6.03. The largest absolute Gasteiger partial charge is 0.338 e. The van der Waals surface area contributed by atoms with Crippen molar-refractivity contribution < 1.29 is 8.91 Å². The first-order valence-electron chi connectivity index (χ1n) is 8.51. The standard InChI is InChI=1S/C21H12ClFN4O/c22-15-7-10-17-18(11-15)25-19(24-17)12-1-3-13(4-2-12)20-26-21(28-27-20)14-5-8-16(23)9-6-14/h1-11H,(H,24,25). The summed E-state index contributed by atoms with van der Waals surface area (Å²) in [5.41, 5.74) is 4.13. The van der Waals surface area contributed by atoms with Crippen LogP contribution in [0.4, 0.5) is 4.39 Å². The fraction of sp³-hybridized carbons (Fsp3) is 0. The first kappa shape index (κ1) is 16.6. The molecule has 0 unspecified atom stereocenters. The molecule has 0 bridgehead atoms. The van der Waals surface area contributed by atoms with Crippen LogP contribution in [0.1, 0.15) is 0 Å². The van der Waals surface area contributed by atoms with Crippen molar-refractivity contribution in [3.8, 4) is 34.2 Å². The van der Waals surface area contributed by atoms with E-state index in [1.165, 1.54) is 12.1 Å². The van der Waals surface area contributed by atoms with Gasteiger partial charge in [0.15, 0.2) is 0 Å². The number of benzene rings is 3. The fourth-order valence-corrected chi connectivity index (χ4v) is 3.12. The van der Waals surface area contributed by atoms with Crippen LogP contribution in [0.5, 0.6) is 0 Å². The third kappa shape index (κ3) is 3.04. The molecule has 0 saturated heterocycles. The molecule has 0 aliphatic rings. The molecule has 0 fully saturated rings. The lowest BCUT2D eigenvalue weighted by Crippen LogP contribution is -1.84. The van der Waals surface area contributed by atoms with E-state index in [1.54, 1.807) is 12.1 Å². The predicted molar refractivity (Wildman–Crippen MR) is 105 cm³/mol. The minimum Gasteiger partial charge on any atom is -0.338 e. The zero-order valence-electron chi connectivity index (χ0n) is 14.4. The van der Waals surface area contributed by atoms with E-state index >= 15 is 0 Å². The van der Waals surface area contributed by atoms with Gasteiger partial charge in [-0.3, -0.25) is 0 Å². The van der Waals surface area contributed by atoms with Gasteiger partial charge in [-0.25, -0.2) is 9.37 Å². The number of H-pyrrole nitrogens is 1. The third-order valence-corrected chi connectivity index (χ3v) is 4.61. The molecule has 0 aliphatic carbocycles. The van der Waals surface area contributed by atoms with Gasteiger partial charge in [0, 0.05) is 21.7 Å². The van der Waals surface area contributed by atoms with Crippen LogP contribution >= 0.6 is 11.6 Å². The molecule has 0 saturated carbocycles. The van der Waals surface area contributed by atoms with Crippen molar-refractivity contribution in [1.82, 2.24) is 20.1 Å². The van der Waals surface area contributed by atoms with E-state index in [-0.39, 0.29) is 5.82 Å². The molecule has 0 aliphatic heterocycles. The van der Waals surface area contributed by atoms with Crippen LogP contribution in [0.25, 0.3) is 45.3 Å².